The number of fused-ring (bicyclic) bond motifs is 1. The Kier molecular flexibility index (Phi) is 4.34. The van der Waals surface area contributed by atoms with Gasteiger partial charge in [0, 0.05) is 21.4 Å². The van der Waals surface area contributed by atoms with Crippen LogP contribution in [0.5, 0.6) is 0 Å². The molecule has 1 N–H and O–H groups in total. The monoisotopic (exact) mass is 321 g/mol. The predicted molar refractivity (Wildman–Crippen MR) is 87.5 cm³/mol. The van der Waals surface area contributed by atoms with Gasteiger partial charge < -0.3 is 9.73 Å². The lowest BCUT2D eigenvalue weighted by Crippen LogP contribution is -2.35. The van der Waals surface area contributed by atoms with Crippen molar-refractivity contribution in [1.82, 2.24) is 5.32 Å². The summed E-state index contributed by atoms with van der Waals surface area (Å²) in [5.41, 5.74) is 1.74. The zero-order valence-corrected chi connectivity index (χ0v) is 14.2. The Morgan fingerprint density at radius 1 is 1.23 bits per heavy atom. The summed E-state index contributed by atoms with van der Waals surface area (Å²) in [7, 11) is 0. The van der Waals surface area contributed by atoms with Crippen molar-refractivity contribution in [1.29, 1.82) is 0 Å². The van der Waals surface area contributed by atoms with E-state index in [1.165, 1.54) is 0 Å². The Morgan fingerprint density at radius 3 is 2.45 bits per heavy atom. The van der Waals surface area contributed by atoms with Crippen LogP contribution in [0.4, 0.5) is 0 Å². The molecule has 1 aromatic carbocycles. The van der Waals surface area contributed by atoms with E-state index < -0.39 is 5.41 Å². The number of carbonyl (C=O) groups excluding carboxylic acids is 2. The number of rotatable bonds is 3. The van der Waals surface area contributed by atoms with Crippen molar-refractivity contribution in [3.05, 3.63) is 34.0 Å². The topological polar surface area (TPSA) is 59.3 Å². The van der Waals surface area contributed by atoms with Gasteiger partial charge in [-0.3, -0.25) is 9.59 Å². The average Bonchev–Trinajstić information content (AvgIpc) is 2.72. The van der Waals surface area contributed by atoms with Crippen molar-refractivity contribution in [2.45, 2.75) is 34.6 Å². The summed E-state index contributed by atoms with van der Waals surface area (Å²) in [5, 5.41) is 4.06. The molecule has 1 amide bonds. The van der Waals surface area contributed by atoms with Crippen molar-refractivity contribution >= 4 is 34.3 Å². The molecule has 0 atom stereocenters. The van der Waals surface area contributed by atoms with Crippen LogP contribution in [0, 0.1) is 19.3 Å². The van der Waals surface area contributed by atoms with E-state index in [0.717, 1.165) is 16.5 Å². The van der Waals surface area contributed by atoms with Crippen molar-refractivity contribution in [2.75, 3.05) is 6.54 Å². The van der Waals surface area contributed by atoms with Gasteiger partial charge in [-0.15, -0.1) is 0 Å². The van der Waals surface area contributed by atoms with E-state index in [0.29, 0.717) is 10.6 Å². The van der Waals surface area contributed by atoms with Crippen LogP contribution < -0.4 is 5.32 Å². The van der Waals surface area contributed by atoms with E-state index >= 15 is 0 Å². The van der Waals surface area contributed by atoms with E-state index in [1.54, 1.807) is 13.0 Å². The van der Waals surface area contributed by atoms with Crippen LogP contribution in [-0.2, 0) is 4.79 Å². The van der Waals surface area contributed by atoms with Gasteiger partial charge in [-0.2, -0.15) is 0 Å². The Hall–Kier alpha value is -1.81. The molecule has 0 aliphatic carbocycles. The zero-order chi connectivity index (χ0) is 16.7. The Labute approximate surface area is 134 Å². The van der Waals surface area contributed by atoms with Gasteiger partial charge in [-0.1, -0.05) is 32.4 Å². The van der Waals surface area contributed by atoms with Gasteiger partial charge in [0.05, 0.1) is 6.54 Å². The second kappa shape index (κ2) is 5.76. The minimum absolute atomic E-state index is 0.0153. The molecule has 0 radical (unpaired) electrons. The highest BCUT2D eigenvalue weighted by Crippen LogP contribution is 2.30. The Bertz CT molecular complexity index is 753. The van der Waals surface area contributed by atoms with Crippen molar-refractivity contribution in [2.24, 2.45) is 5.41 Å². The van der Waals surface area contributed by atoms with Crippen molar-refractivity contribution in [3.8, 4) is 0 Å². The molecule has 2 rings (SSSR count). The first-order valence-electron chi connectivity index (χ1n) is 7.12. The third kappa shape index (κ3) is 3.17. The maximum absolute atomic E-state index is 12.2. The molecule has 1 aromatic heterocycles. The molecular weight excluding hydrogens is 302 g/mol. The lowest BCUT2D eigenvalue weighted by atomic mass is 9.91. The average molecular weight is 322 g/mol. The Balaban J connectivity index is 2.26. The Morgan fingerprint density at radius 2 is 1.86 bits per heavy atom. The molecule has 1 heterocycles. The van der Waals surface area contributed by atoms with Crippen molar-refractivity contribution in [3.63, 3.8) is 0 Å². The third-order valence-corrected chi connectivity index (χ3v) is 4.08. The first-order chi connectivity index (χ1) is 10.1. The number of amides is 1. The first-order valence-corrected chi connectivity index (χ1v) is 7.50. The fourth-order valence-electron chi connectivity index (χ4n) is 2.06. The van der Waals surface area contributed by atoms with Crippen LogP contribution >= 0.6 is 11.6 Å². The second-order valence-electron chi connectivity index (χ2n) is 6.51. The van der Waals surface area contributed by atoms with Gasteiger partial charge in [0.2, 0.25) is 0 Å². The number of benzene rings is 1. The quantitative estimate of drug-likeness (QED) is 0.927. The highest BCUT2D eigenvalue weighted by Gasteiger charge is 2.23. The molecule has 0 bridgehead atoms. The summed E-state index contributed by atoms with van der Waals surface area (Å²) in [4.78, 5) is 24.1. The van der Waals surface area contributed by atoms with E-state index in [2.05, 4.69) is 5.32 Å². The number of carbonyl (C=O) groups is 2. The molecule has 0 aliphatic heterocycles. The van der Waals surface area contributed by atoms with Gasteiger partial charge in [-0.25, -0.2) is 0 Å². The second-order valence-corrected chi connectivity index (χ2v) is 6.92. The summed E-state index contributed by atoms with van der Waals surface area (Å²) in [6.07, 6.45) is 0. The molecule has 0 unspecified atom stereocenters. The SMILES string of the molecule is Cc1cc2oc(C(=O)NCC(=O)C(C)(C)C)c(C)c2cc1Cl. The van der Waals surface area contributed by atoms with Crippen LogP contribution in [0.1, 0.15) is 42.5 Å². The van der Waals surface area contributed by atoms with Crippen LogP contribution in [-0.4, -0.2) is 18.2 Å². The van der Waals surface area contributed by atoms with Crippen LogP contribution in [0.25, 0.3) is 11.0 Å². The highest BCUT2D eigenvalue weighted by molar-refractivity contribution is 6.32. The highest BCUT2D eigenvalue weighted by atomic mass is 35.5. The van der Waals surface area contributed by atoms with E-state index in [4.69, 9.17) is 16.0 Å². The molecule has 0 fully saturated rings. The molecule has 22 heavy (non-hydrogen) atoms. The first kappa shape index (κ1) is 16.6. The minimum Gasteiger partial charge on any atom is -0.451 e. The largest absolute Gasteiger partial charge is 0.451 e. The summed E-state index contributed by atoms with van der Waals surface area (Å²) in [5.74, 6) is -0.202. The number of halogens is 1. The van der Waals surface area contributed by atoms with Gasteiger partial charge >= 0.3 is 0 Å². The molecular formula is C17H20ClNO3. The maximum atomic E-state index is 12.2. The summed E-state index contributed by atoms with van der Waals surface area (Å²) in [6.45, 7) is 9.12. The molecule has 0 saturated heterocycles. The summed E-state index contributed by atoms with van der Waals surface area (Å²) in [6, 6.07) is 3.60. The lowest BCUT2D eigenvalue weighted by Gasteiger charge is -2.16. The fraction of sp³-hybridized carbons (Fsp3) is 0.412. The van der Waals surface area contributed by atoms with Gasteiger partial charge in [0.15, 0.2) is 11.5 Å². The van der Waals surface area contributed by atoms with Gasteiger partial charge in [0.1, 0.15) is 5.58 Å². The smallest absolute Gasteiger partial charge is 0.287 e. The van der Waals surface area contributed by atoms with Gasteiger partial charge in [-0.05, 0) is 31.5 Å². The van der Waals surface area contributed by atoms with Crippen molar-refractivity contribution < 1.29 is 14.0 Å². The number of Topliss-reactive ketones (excluding diaryl/α,β-unsaturated/α-hetero) is 1. The number of nitrogens with one attached hydrogen (secondary N) is 1. The lowest BCUT2D eigenvalue weighted by molar-refractivity contribution is -0.125. The number of ketones is 1. The van der Waals surface area contributed by atoms with E-state index in [9.17, 15) is 9.59 Å². The number of furan rings is 1. The van der Waals surface area contributed by atoms with Crippen LogP contribution in [0.3, 0.4) is 0 Å². The predicted octanol–water partition coefficient (Wildman–Crippen LogP) is 4.05. The number of aryl methyl sites for hydroxylation is 2. The number of hydrogen-bond acceptors (Lipinski definition) is 3. The normalized spacial score (nSPS) is 11.7. The molecule has 118 valence electrons. The fourth-order valence-corrected chi connectivity index (χ4v) is 2.23. The molecule has 0 saturated carbocycles. The van der Waals surface area contributed by atoms with E-state index in [-0.39, 0.29) is 24.0 Å². The zero-order valence-electron chi connectivity index (χ0n) is 13.5. The number of hydrogen-bond donors (Lipinski definition) is 1. The van der Waals surface area contributed by atoms with E-state index in [1.807, 2.05) is 33.8 Å². The summed E-state index contributed by atoms with van der Waals surface area (Å²) < 4.78 is 5.63. The van der Waals surface area contributed by atoms with Gasteiger partial charge in [0.25, 0.3) is 5.91 Å². The standard InChI is InChI=1S/C17H20ClNO3/c1-9-6-13-11(7-12(9)18)10(2)15(22-13)16(21)19-8-14(20)17(3,4)5/h6-7H,8H2,1-5H3,(H,19,21). The molecule has 2 aromatic rings. The minimum atomic E-state index is -0.485. The molecule has 0 aliphatic rings. The van der Waals surface area contributed by atoms with Crippen LogP contribution in [0.15, 0.2) is 16.5 Å². The van der Waals surface area contributed by atoms with Crippen LogP contribution in [0.2, 0.25) is 5.02 Å². The maximum Gasteiger partial charge on any atom is 0.287 e. The molecule has 4 nitrogen and oxygen atoms in total. The summed E-state index contributed by atoms with van der Waals surface area (Å²) >= 11 is 6.11. The molecule has 5 heteroatoms. The third-order valence-electron chi connectivity index (χ3n) is 3.67. The molecule has 0 spiro atoms.